The Labute approximate surface area is 168 Å². The molecule has 0 bridgehead atoms. The zero-order valence-electron chi connectivity index (χ0n) is 16.3. The smallest absolute Gasteiger partial charge is 0.228 e. The van der Waals surface area contributed by atoms with Crippen LogP contribution in [0, 0.1) is 12.8 Å². The fraction of sp³-hybridized carbons (Fsp3) is 0.429. The molecule has 29 heavy (non-hydrogen) atoms. The molecule has 1 amide bonds. The number of carbonyl (C=O) groups excluding carboxylic acids is 1. The van der Waals surface area contributed by atoms with Crippen LogP contribution in [-0.2, 0) is 4.79 Å². The van der Waals surface area contributed by atoms with Gasteiger partial charge in [0.25, 0.3) is 0 Å². The van der Waals surface area contributed by atoms with Crippen molar-refractivity contribution in [1.82, 2.24) is 20.3 Å². The van der Waals surface area contributed by atoms with Crippen LogP contribution in [-0.4, -0.2) is 40.1 Å². The first-order valence-electron chi connectivity index (χ1n) is 9.91. The summed E-state index contributed by atoms with van der Waals surface area (Å²) in [5.74, 6) is 1.65. The number of hydrogen-bond acceptors (Lipinski definition) is 6. The number of aryl methyl sites for hydroxylation is 1. The van der Waals surface area contributed by atoms with E-state index in [0.717, 1.165) is 36.5 Å². The maximum Gasteiger partial charge on any atom is 0.228 e. The SMILES string of the molecule is Cc1ncc(-c2cc3cc(NC(=O)C4CCC(NCCF)CC4)ncc3cn2)o1. The highest BCUT2D eigenvalue weighted by atomic mass is 19.1. The largest absolute Gasteiger partial charge is 0.439 e. The highest BCUT2D eigenvalue weighted by Gasteiger charge is 2.26. The number of hydrogen-bond donors (Lipinski definition) is 2. The van der Waals surface area contributed by atoms with Gasteiger partial charge in [-0.2, -0.15) is 0 Å². The maximum absolute atomic E-state index is 12.6. The summed E-state index contributed by atoms with van der Waals surface area (Å²) in [5, 5.41) is 7.91. The van der Waals surface area contributed by atoms with Crippen molar-refractivity contribution in [1.29, 1.82) is 0 Å². The molecule has 1 saturated carbocycles. The van der Waals surface area contributed by atoms with Gasteiger partial charge in [-0.25, -0.2) is 14.4 Å². The van der Waals surface area contributed by atoms with Gasteiger partial charge in [0.1, 0.15) is 18.2 Å². The van der Waals surface area contributed by atoms with Gasteiger partial charge in [0.2, 0.25) is 5.91 Å². The molecule has 1 fully saturated rings. The van der Waals surface area contributed by atoms with Crippen molar-refractivity contribution in [2.24, 2.45) is 5.92 Å². The Morgan fingerprint density at radius 1 is 1.10 bits per heavy atom. The Balaban J connectivity index is 1.43. The molecule has 0 atom stereocenters. The molecule has 0 unspecified atom stereocenters. The molecule has 1 aliphatic carbocycles. The zero-order chi connectivity index (χ0) is 20.2. The van der Waals surface area contributed by atoms with E-state index < -0.39 is 0 Å². The van der Waals surface area contributed by atoms with Gasteiger partial charge in [-0.1, -0.05) is 0 Å². The van der Waals surface area contributed by atoms with Crippen LogP contribution in [0.25, 0.3) is 22.2 Å². The number of nitrogens with zero attached hydrogens (tertiary/aromatic N) is 3. The molecule has 0 aliphatic heterocycles. The quantitative estimate of drug-likeness (QED) is 0.660. The minimum Gasteiger partial charge on any atom is -0.439 e. The molecule has 1 aliphatic rings. The minimum atomic E-state index is -0.360. The van der Waals surface area contributed by atoms with Crippen LogP contribution in [0.5, 0.6) is 0 Å². The lowest BCUT2D eigenvalue weighted by Crippen LogP contribution is -2.37. The van der Waals surface area contributed by atoms with E-state index in [0.29, 0.717) is 35.7 Å². The van der Waals surface area contributed by atoms with Crippen LogP contribution in [0.3, 0.4) is 0 Å². The summed E-state index contributed by atoms with van der Waals surface area (Å²) < 4.78 is 17.8. The standard InChI is InChI=1S/C21H24FN5O2/c1-13-24-12-19(29-13)18-8-15-9-20(26-11-16(15)10-25-18)27-21(28)14-2-4-17(5-3-14)23-7-6-22/h8-12,14,17,23H,2-7H2,1H3,(H,26,27,28). The van der Waals surface area contributed by atoms with Crippen LogP contribution in [0.1, 0.15) is 31.6 Å². The molecular formula is C21H24FN5O2. The highest BCUT2D eigenvalue weighted by Crippen LogP contribution is 2.27. The fourth-order valence-corrected chi connectivity index (χ4v) is 3.77. The number of carbonyl (C=O) groups is 1. The Morgan fingerprint density at radius 2 is 1.90 bits per heavy atom. The lowest BCUT2D eigenvalue weighted by molar-refractivity contribution is -0.120. The third kappa shape index (κ3) is 4.59. The normalized spacial score (nSPS) is 19.4. The number of aromatic nitrogens is 3. The van der Waals surface area contributed by atoms with Gasteiger partial charge in [0, 0.05) is 43.2 Å². The van der Waals surface area contributed by atoms with Gasteiger partial charge in [0.05, 0.1) is 6.20 Å². The lowest BCUT2D eigenvalue weighted by Gasteiger charge is -2.28. The molecule has 0 spiro atoms. The van der Waals surface area contributed by atoms with Crippen molar-refractivity contribution in [2.45, 2.75) is 38.6 Å². The van der Waals surface area contributed by atoms with E-state index in [2.05, 4.69) is 25.6 Å². The van der Waals surface area contributed by atoms with Gasteiger partial charge < -0.3 is 15.1 Å². The molecule has 0 radical (unpaired) electrons. The molecule has 0 aromatic carbocycles. The van der Waals surface area contributed by atoms with E-state index in [9.17, 15) is 9.18 Å². The van der Waals surface area contributed by atoms with E-state index >= 15 is 0 Å². The molecule has 152 valence electrons. The van der Waals surface area contributed by atoms with Crippen molar-refractivity contribution in [3.8, 4) is 11.5 Å². The number of pyridine rings is 2. The number of halogens is 1. The van der Waals surface area contributed by atoms with Crippen LogP contribution < -0.4 is 10.6 Å². The molecule has 8 heteroatoms. The Kier molecular flexibility index (Phi) is 5.80. The first-order valence-corrected chi connectivity index (χ1v) is 9.91. The predicted molar refractivity (Wildman–Crippen MR) is 108 cm³/mol. The van der Waals surface area contributed by atoms with Gasteiger partial charge in [-0.3, -0.25) is 9.78 Å². The molecule has 4 rings (SSSR count). The second-order valence-corrected chi connectivity index (χ2v) is 7.41. The van der Waals surface area contributed by atoms with Crippen molar-refractivity contribution in [2.75, 3.05) is 18.5 Å². The third-order valence-electron chi connectivity index (χ3n) is 5.35. The molecular weight excluding hydrogens is 373 g/mol. The van der Waals surface area contributed by atoms with Crippen molar-refractivity contribution in [3.05, 3.63) is 36.6 Å². The highest BCUT2D eigenvalue weighted by molar-refractivity contribution is 5.94. The molecule has 3 aromatic heterocycles. The molecule has 3 heterocycles. The zero-order valence-corrected chi connectivity index (χ0v) is 16.3. The van der Waals surface area contributed by atoms with Gasteiger partial charge in [-0.15, -0.1) is 0 Å². The van der Waals surface area contributed by atoms with Crippen molar-refractivity contribution < 1.29 is 13.6 Å². The summed E-state index contributed by atoms with van der Waals surface area (Å²) in [7, 11) is 0. The summed E-state index contributed by atoms with van der Waals surface area (Å²) in [4.78, 5) is 25.5. The van der Waals surface area contributed by atoms with Crippen molar-refractivity contribution in [3.63, 3.8) is 0 Å². The van der Waals surface area contributed by atoms with Gasteiger partial charge in [-0.05, 0) is 43.2 Å². The van der Waals surface area contributed by atoms with E-state index in [1.165, 1.54) is 0 Å². The fourth-order valence-electron chi connectivity index (χ4n) is 3.77. The topological polar surface area (TPSA) is 92.9 Å². The maximum atomic E-state index is 12.6. The number of oxazole rings is 1. The van der Waals surface area contributed by atoms with Crippen LogP contribution in [0.4, 0.5) is 10.2 Å². The Morgan fingerprint density at radius 3 is 2.62 bits per heavy atom. The van der Waals surface area contributed by atoms with Gasteiger partial charge >= 0.3 is 0 Å². The average Bonchev–Trinajstić information content (AvgIpc) is 3.18. The van der Waals surface area contributed by atoms with Crippen LogP contribution in [0.2, 0.25) is 0 Å². The average molecular weight is 397 g/mol. The summed E-state index contributed by atoms with van der Waals surface area (Å²) in [5.41, 5.74) is 0.681. The van der Waals surface area contributed by atoms with E-state index in [1.54, 1.807) is 25.5 Å². The predicted octanol–water partition coefficient (Wildman–Crippen LogP) is 3.65. The number of nitrogens with one attached hydrogen (secondary N) is 2. The number of alkyl halides is 1. The first-order chi connectivity index (χ1) is 14.1. The van der Waals surface area contributed by atoms with Gasteiger partial charge in [0.15, 0.2) is 11.7 Å². The van der Waals surface area contributed by atoms with E-state index in [1.807, 2.05) is 12.1 Å². The molecule has 0 saturated heterocycles. The minimum absolute atomic E-state index is 0.0130. The van der Waals surface area contributed by atoms with Crippen molar-refractivity contribution >= 4 is 22.5 Å². The number of fused-ring (bicyclic) bond motifs is 1. The summed E-state index contributed by atoms with van der Waals surface area (Å²) in [6.07, 6.45) is 8.43. The molecule has 7 nitrogen and oxygen atoms in total. The monoisotopic (exact) mass is 397 g/mol. The van der Waals surface area contributed by atoms with Crippen LogP contribution >= 0.6 is 0 Å². The summed E-state index contributed by atoms with van der Waals surface area (Å²) in [6, 6.07) is 4.05. The summed E-state index contributed by atoms with van der Waals surface area (Å²) in [6.45, 7) is 1.81. The number of rotatable bonds is 6. The third-order valence-corrected chi connectivity index (χ3v) is 5.35. The Bertz CT molecular complexity index is 998. The number of amides is 1. The lowest BCUT2D eigenvalue weighted by atomic mass is 9.85. The Hall–Kier alpha value is -2.87. The number of anilines is 1. The molecule has 3 aromatic rings. The molecule has 2 N–H and O–H groups in total. The van der Waals surface area contributed by atoms with Crippen LogP contribution in [0.15, 0.2) is 35.1 Å². The van der Waals surface area contributed by atoms with E-state index in [-0.39, 0.29) is 18.5 Å². The summed E-state index contributed by atoms with van der Waals surface area (Å²) >= 11 is 0. The second-order valence-electron chi connectivity index (χ2n) is 7.41. The first kappa shape index (κ1) is 19.4. The second kappa shape index (κ2) is 8.65. The van der Waals surface area contributed by atoms with E-state index in [4.69, 9.17) is 4.42 Å².